The van der Waals surface area contributed by atoms with E-state index in [4.69, 9.17) is 4.98 Å². The number of fused-ring (bicyclic) bond motifs is 2. The molecule has 2 aliphatic carbocycles. The number of likely N-dealkylation sites (N-methyl/N-ethyl adjacent to an activating group) is 1. The van der Waals surface area contributed by atoms with Gasteiger partial charge >= 0.3 is 0 Å². The highest BCUT2D eigenvalue weighted by molar-refractivity contribution is 7.15. The van der Waals surface area contributed by atoms with Crippen LogP contribution in [0.2, 0.25) is 0 Å². The fraction of sp³-hybridized carbons (Fsp3) is 0.667. The van der Waals surface area contributed by atoms with Crippen LogP contribution in [0.15, 0.2) is 18.3 Å². The van der Waals surface area contributed by atoms with E-state index in [0.717, 1.165) is 51.1 Å². The van der Waals surface area contributed by atoms with Crippen LogP contribution in [-0.4, -0.2) is 75.6 Å². The highest BCUT2D eigenvalue weighted by atomic mass is 32.1. The van der Waals surface area contributed by atoms with Crippen molar-refractivity contribution in [1.29, 1.82) is 0 Å². The summed E-state index contributed by atoms with van der Waals surface area (Å²) < 4.78 is 1.79. The van der Waals surface area contributed by atoms with Crippen molar-refractivity contribution in [2.45, 2.75) is 52.1 Å². The number of aliphatic hydroxyl groups excluding tert-OH is 1. The van der Waals surface area contributed by atoms with Crippen molar-refractivity contribution in [1.82, 2.24) is 19.4 Å². The van der Waals surface area contributed by atoms with Gasteiger partial charge in [-0.1, -0.05) is 20.8 Å². The monoisotopic (exact) mass is 513 g/mol. The summed E-state index contributed by atoms with van der Waals surface area (Å²) >= 11 is 1.56. The van der Waals surface area contributed by atoms with Gasteiger partial charge in [0.1, 0.15) is 5.69 Å². The maximum atomic E-state index is 13.3. The molecule has 2 amide bonds. The van der Waals surface area contributed by atoms with E-state index in [0.29, 0.717) is 10.8 Å². The molecular formula is C27H39N5O3S. The Hall–Kier alpha value is -2.23. The van der Waals surface area contributed by atoms with Crippen LogP contribution < -0.4 is 5.32 Å². The van der Waals surface area contributed by atoms with Crippen LogP contribution in [0, 0.1) is 23.2 Å². The van der Waals surface area contributed by atoms with Crippen LogP contribution in [0.25, 0.3) is 0 Å². The number of hydrogen-bond acceptors (Lipinski definition) is 6. The van der Waals surface area contributed by atoms with Gasteiger partial charge in [0.15, 0.2) is 5.13 Å². The summed E-state index contributed by atoms with van der Waals surface area (Å²) in [6, 6.07) is 3.64. The lowest BCUT2D eigenvalue weighted by atomic mass is 9.53. The van der Waals surface area contributed by atoms with E-state index in [-0.39, 0.29) is 40.9 Å². The Kier molecular flexibility index (Phi) is 6.76. The molecule has 6 atom stereocenters. The first-order chi connectivity index (χ1) is 17.1. The highest BCUT2D eigenvalue weighted by Crippen LogP contribution is 2.57. The molecular weight excluding hydrogens is 474 g/mol. The highest BCUT2D eigenvalue weighted by Gasteiger charge is 2.54. The minimum absolute atomic E-state index is 0.0324. The molecule has 2 N–H and O–H groups in total. The number of thiazole rings is 1. The van der Waals surface area contributed by atoms with E-state index in [1.807, 2.05) is 31.1 Å². The predicted octanol–water partition coefficient (Wildman–Crippen LogP) is 3.20. The van der Waals surface area contributed by atoms with Gasteiger partial charge in [-0.25, -0.2) is 4.98 Å². The first-order valence-corrected chi connectivity index (χ1v) is 14.0. The van der Waals surface area contributed by atoms with Crippen LogP contribution in [0.4, 0.5) is 5.13 Å². The van der Waals surface area contributed by atoms with Gasteiger partial charge in [0.2, 0.25) is 5.91 Å². The smallest absolute Gasteiger partial charge is 0.274 e. The predicted molar refractivity (Wildman–Crippen MR) is 141 cm³/mol. The lowest BCUT2D eigenvalue weighted by Crippen LogP contribution is -2.55. The van der Waals surface area contributed by atoms with Crippen molar-refractivity contribution < 1.29 is 14.7 Å². The normalized spacial score (nSPS) is 31.4. The Morgan fingerprint density at radius 2 is 1.97 bits per heavy atom. The second-order valence-electron chi connectivity index (χ2n) is 11.5. The Morgan fingerprint density at radius 1 is 1.25 bits per heavy atom. The van der Waals surface area contributed by atoms with Crippen molar-refractivity contribution in [3.8, 4) is 0 Å². The van der Waals surface area contributed by atoms with Gasteiger partial charge in [-0.15, -0.1) is 11.3 Å². The number of rotatable bonds is 4. The molecule has 8 nitrogen and oxygen atoms in total. The fourth-order valence-electron chi connectivity index (χ4n) is 6.96. The Labute approximate surface area is 217 Å². The molecule has 2 aromatic heterocycles. The molecule has 3 heterocycles. The number of anilines is 1. The van der Waals surface area contributed by atoms with Crippen molar-refractivity contribution in [3.05, 3.63) is 34.6 Å². The number of aromatic nitrogens is 2. The Morgan fingerprint density at radius 3 is 2.64 bits per heavy atom. The number of carbonyl (C=O) groups excluding carboxylic acids is 2. The summed E-state index contributed by atoms with van der Waals surface area (Å²) in [5.74, 6) is -0.142. The van der Waals surface area contributed by atoms with Crippen molar-refractivity contribution in [3.63, 3.8) is 0 Å². The molecule has 1 aliphatic heterocycles. The maximum Gasteiger partial charge on any atom is 0.274 e. The van der Waals surface area contributed by atoms with Crippen LogP contribution in [0.5, 0.6) is 0 Å². The summed E-state index contributed by atoms with van der Waals surface area (Å²) in [6.45, 7) is 9.78. The summed E-state index contributed by atoms with van der Waals surface area (Å²) in [5, 5.41) is 15.3. The SMILES string of the molecule is C[C@H](C(=O)N1CCN(C)CC1)[C@H]1CC[C@]2(C)Cc3sc(NC(=O)c4cccn4C)nc3[C@H](C)[C@@H]2[C@H]1O. The number of carbonyl (C=O) groups is 2. The molecule has 1 saturated heterocycles. The Balaban J connectivity index is 1.33. The van der Waals surface area contributed by atoms with E-state index in [1.54, 1.807) is 22.0 Å². The number of nitrogens with zero attached hydrogens (tertiary/aromatic N) is 4. The minimum atomic E-state index is -0.554. The van der Waals surface area contributed by atoms with Crippen LogP contribution in [0.1, 0.15) is 60.6 Å². The second kappa shape index (κ2) is 9.58. The van der Waals surface area contributed by atoms with E-state index in [2.05, 4.69) is 31.1 Å². The van der Waals surface area contributed by atoms with Gasteiger partial charge in [-0.05, 0) is 55.7 Å². The molecule has 0 spiro atoms. The molecule has 0 aromatic carbocycles. The zero-order valence-corrected chi connectivity index (χ0v) is 22.8. The molecule has 2 fully saturated rings. The van der Waals surface area contributed by atoms with Gasteiger partial charge in [0, 0.05) is 56.1 Å². The molecule has 0 radical (unpaired) electrons. The summed E-state index contributed by atoms with van der Waals surface area (Å²) in [6.07, 6.45) is 3.98. The maximum absolute atomic E-state index is 13.3. The topological polar surface area (TPSA) is 90.7 Å². The summed E-state index contributed by atoms with van der Waals surface area (Å²) in [5.41, 5.74) is 1.53. The lowest BCUT2D eigenvalue weighted by Gasteiger charge is -2.53. The molecule has 1 saturated carbocycles. The van der Waals surface area contributed by atoms with Gasteiger partial charge in [0.25, 0.3) is 5.91 Å². The first kappa shape index (κ1) is 25.4. The van der Waals surface area contributed by atoms with Crippen molar-refractivity contribution in [2.24, 2.45) is 30.2 Å². The summed E-state index contributed by atoms with van der Waals surface area (Å²) in [7, 11) is 3.94. The first-order valence-electron chi connectivity index (χ1n) is 13.2. The zero-order valence-electron chi connectivity index (χ0n) is 22.0. The molecule has 0 bridgehead atoms. The number of amides is 2. The number of aryl methyl sites for hydroxylation is 1. The standard InChI is InChI=1S/C27H39N5O3S/c1-16(25(35)32-13-11-30(4)12-14-32)18-8-9-27(3)15-20-22(17(2)21(27)23(18)33)28-26(36-20)29-24(34)19-7-6-10-31(19)5/h6-7,10,16-18,21,23,33H,8-9,11-15H2,1-5H3,(H,28,29,34)/t16-,17+,18+,21+,23-,27+/m0/s1. The lowest BCUT2D eigenvalue weighted by molar-refractivity contribution is -0.146. The van der Waals surface area contributed by atoms with Crippen LogP contribution >= 0.6 is 11.3 Å². The molecule has 36 heavy (non-hydrogen) atoms. The minimum Gasteiger partial charge on any atom is -0.392 e. The Bertz CT molecular complexity index is 1140. The average Bonchev–Trinajstić information content (AvgIpc) is 3.44. The number of piperazine rings is 1. The van der Waals surface area contributed by atoms with E-state index >= 15 is 0 Å². The number of nitrogens with one attached hydrogen (secondary N) is 1. The third kappa shape index (κ3) is 4.39. The van der Waals surface area contributed by atoms with E-state index in [9.17, 15) is 14.7 Å². The van der Waals surface area contributed by atoms with Crippen LogP contribution in [0.3, 0.4) is 0 Å². The second-order valence-corrected chi connectivity index (χ2v) is 12.6. The summed E-state index contributed by atoms with van der Waals surface area (Å²) in [4.78, 5) is 36.4. The molecule has 196 valence electrons. The molecule has 5 rings (SSSR count). The largest absolute Gasteiger partial charge is 0.392 e. The molecule has 9 heteroatoms. The van der Waals surface area contributed by atoms with Gasteiger partial charge in [-0.3, -0.25) is 14.9 Å². The molecule has 3 aliphatic rings. The third-order valence-corrected chi connectivity index (χ3v) is 10.2. The van der Waals surface area contributed by atoms with E-state index in [1.165, 1.54) is 4.88 Å². The fourth-order valence-corrected chi connectivity index (χ4v) is 8.22. The van der Waals surface area contributed by atoms with Gasteiger partial charge < -0.3 is 19.5 Å². The van der Waals surface area contributed by atoms with Crippen LogP contribution in [-0.2, 0) is 18.3 Å². The third-order valence-electron chi connectivity index (χ3n) is 9.17. The van der Waals surface area contributed by atoms with E-state index < -0.39 is 6.10 Å². The number of hydrogen-bond donors (Lipinski definition) is 2. The average molecular weight is 514 g/mol. The van der Waals surface area contributed by atoms with Gasteiger partial charge in [0.05, 0.1) is 11.8 Å². The quantitative estimate of drug-likeness (QED) is 0.655. The van der Waals surface area contributed by atoms with Crippen molar-refractivity contribution >= 4 is 28.3 Å². The van der Waals surface area contributed by atoms with Gasteiger partial charge in [-0.2, -0.15) is 0 Å². The molecule has 0 unspecified atom stereocenters. The van der Waals surface area contributed by atoms with Crippen molar-refractivity contribution in [2.75, 3.05) is 38.5 Å². The zero-order chi connectivity index (χ0) is 25.8. The number of aliphatic hydroxyl groups is 1. The molecule has 2 aromatic rings.